The van der Waals surface area contributed by atoms with Crippen molar-refractivity contribution in [3.8, 4) is 0 Å². The van der Waals surface area contributed by atoms with E-state index in [0.29, 0.717) is 6.42 Å². The number of amides is 1. The number of carbonyl (C=O) groups is 1. The second-order valence-corrected chi connectivity index (χ2v) is 6.45. The van der Waals surface area contributed by atoms with Crippen LogP contribution in [0.2, 0.25) is 0 Å². The zero-order valence-corrected chi connectivity index (χ0v) is 13.0. The minimum absolute atomic E-state index is 0.0904. The summed E-state index contributed by atoms with van der Waals surface area (Å²) >= 11 is 0. The number of aromatic nitrogens is 1. The summed E-state index contributed by atoms with van der Waals surface area (Å²) in [5.74, 6) is 0.137. The summed E-state index contributed by atoms with van der Waals surface area (Å²) in [5, 5.41) is 0. The van der Waals surface area contributed by atoms with E-state index >= 15 is 0 Å². The molecule has 0 unspecified atom stereocenters. The second-order valence-electron chi connectivity index (χ2n) is 6.45. The number of pyridine rings is 1. The van der Waals surface area contributed by atoms with Crippen LogP contribution in [-0.4, -0.2) is 52.5 Å². The zero-order chi connectivity index (χ0) is 15.4. The molecular formula is C17H24FN3O. The highest BCUT2D eigenvalue weighted by Crippen LogP contribution is 2.39. The fourth-order valence-electron chi connectivity index (χ4n) is 3.98. The molecule has 1 spiro atoms. The molecule has 3 rings (SSSR count). The van der Waals surface area contributed by atoms with E-state index in [1.165, 1.54) is 5.56 Å². The van der Waals surface area contributed by atoms with E-state index in [2.05, 4.69) is 16.0 Å². The Kier molecular flexibility index (Phi) is 4.71. The van der Waals surface area contributed by atoms with Crippen molar-refractivity contribution < 1.29 is 9.18 Å². The lowest BCUT2D eigenvalue weighted by molar-refractivity contribution is -0.131. The number of hydrogen-bond acceptors (Lipinski definition) is 3. The number of hydrogen-bond donors (Lipinski definition) is 0. The Labute approximate surface area is 131 Å². The normalized spacial score (nSPS) is 26.6. The molecule has 4 nitrogen and oxygen atoms in total. The summed E-state index contributed by atoms with van der Waals surface area (Å²) in [6.07, 6.45) is 8.21. The molecule has 0 N–H and O–H groups in total. The average Bonchev–Trinajstić information content (AvgIpc) is 2.72. The SMILES string of the molecule is O=C1CC[C@]2(CCCN(Cc3cccnc3)CC2)N1CCF. The Balaban J connectivity index is 1.65. The van der Waals surface area contributed by atoms with E-state index in [1.54, 1.807) is 6.20 Å². The maximum Gasteiger partial charge on any atom is 0.223 e. The molecule has 1 amide bonds. The molecule has 0 radical (unpaired) electrons. The van der Waals surface area contributed by atoms with Crippen LogP contribution in [0.25, 0.3) is 0 Å². The molecule has 3 heterocycles. The lowest BCUT2D eigenvalue weighted by atomic mass is 9.88. The van der Waals surface area contributed by atoms with Gasteiger partial charge in [0, 0.05) is 44.0 Å². The molecule has 0 aliphatic carbocycles. The van der Waals surface area contributed by atoms with Crippen LogP contribution in [-0.2, 0) is 11.3 Å². The third-order valence-electron chi connectivity index (χ3n) is 5.12. The van der Waals surface area contributed by atoms with Gasteiger partial charge in [0.2, 0.25) is 5.91 Å². The molecule has 1 aromatic heterocycles. The number of nitrogens with zero attached hydrogens (tertiary/aromatic N) is 3. The summed E-state index contributed by atoms with van der Waals surface area (Å²) in [5.41, 5.74) is 1.13. The van der Waals surface area contributed by atoms with Gasteiger partial charge in [-0.2, -0.15) is 0 Å². The van der Waals surface area contributed by atoms with E-state index in [4.69, 9.17) is 0 Å². The smallest absolute Gasteiger partial charge is 0.223 e. The van der Waals surface area contributed by atoms with Gasteiger partial charge in [0.15, 0.2) is 0 Å². The van der Waals surface area contributed by atoms with Gasteiger partial charge in [-0.1, -0.05) is 6.07 Å². The van der Waals surface area contributed by atoms with Gasteiger partial charge >= 0.3 is 0 Å². The van der Waals surface area contributed by atoms with Gasteiger partial charge in [0.25, 0.3) is 0 Å². The predicted octanol–water partition coefficient (Wildman–Crippen LogP) is 2.40. The lowest BCUT2D eigenvalue weighted by Gasteiger charge is -2.37. The van der Waals surface area contributed by atoms with Gasteiger partial charge in [-0.25, -0.2) is 4.39 Å². The van der Waals surface area contributed by atoms with Crippen molar-refractivity contribution >= 4 is 5.91 Å². The summed E-state index contributed by atoms with van der Waals surface area (Å²) in [6.45, 7) is 2.73. The zero-order valence-electron chi connectivity index (χ0n) is 13.0. The maximum atomic E-state index is 12.8. The second kappa shape index (κ2) is 6.73. The van der Waals surface area contributed by atoms with Crippen molar-refractivity contribution in [3.63, 3.8) is 0 Å². The quantitative estimate of drug-likeness (QED) is 0.857. The van der Waals surface area contributed by atoms with Crippen molar-refractivity contribution in [1.29, 1.82) is 0 Å². The Morgan fingerprint density at radius 2 is 2.18 bits per heavy atom. The summed E-state index contributed by atoms with van der Waals surface area (Å²) in [4.78, 5) is 20.5. The molecule has 120 valence electrons. The standard InChI is InChI=1S/C17H24FN3O/c18-8-12-21-16(22)4-6-17(21)5-2-10-20(11-7-17)14-15-3-1-9-19-13-15/h1,3,9,13H,2,4-8,10-12,14H2/t17-/m0/s1. The largest absolute Gasteiger partial charge is 0.334 e. The van der Waals surface area contributed by atoms with E-state index < -0.39 is 6.67 Å². The maximum absolute atomic E-state index is 12.8. The molecule has 1 atom stereocenters. The number of carbonyl (C=O) groups excluding carboxylic acids is 1. The lowest BCUT2D eigenvalue weighted by Crippen LogP contribution is -2.47. The van der Waals surface area contributed by atoms with Gasteiger partial charge in [-0.3, -0.25) is 14.7 Å². The molecule has 1 aromatic rings. The topological polar surface area (TPSA) is 36.4 Å². The highest BCUT2D eigenvalue weighted by Gasteiger charge is 2.45. The van der Waals surface area contributed by atoms with E-state index in [1.807, 2.05) is 17.2 Å². The minimum atomic E-state index is -0.438. The molecule has 0 saturated carbocycles. The number of likely N-dealkylation sites (tertiary alicyclic amines) is 2. The van der Waals surface area contributed by atoms with E-state index in [-0.39, 0.29) is 18.0 Å². The molecule has 2 fully saturated rings. The summed E-state index contributed by atoms with van der Waals surface area (Å²) < 4.78 is 12.8. The first-order chi connectivity index (χ1) is 10.7. The Hall–Kier alpha value is -1.49. The molecule has 5 heteroatoms. The van der Waals surface area contributed by atoms with Gasteiger partial charge in [-0.05, 0) is 43.9 Å². The van der Waals surface area contributed by atoms with Crippen LogP contribution >= 0.6 is 0 Å². The van der Waals surface area contributed by atoms with Crippen LogP contribution in [0.1, 0.15) is 37.7 Å². The Morgan fingerprint density at radius 1 is 1.27 bits per heavy atom. The van der Waals surface area contributed by atoms with Gasteiger partial charge < -0.3 is 4.90 Å². The van der Waals surface area contributed by atoms with Crippen molar-refractivity contribution in [2.75, 3.05) is 26.3 Å². The van der Waals surface area contributed by atoms with Crippen molar-refractivity contribution in [2.24, 2.45) is 0 Å². The van der Waals surface area contributed by atoms with Crippen LogP contribution in [0.5, 0.6) is 0 Å². The molecule has 2 aliphatic heterocycles. The first kappa shape index (κ1) is 15.4. The third kappa shape index (κ3) is 3.14. The average molecular weight is 305 g/mol. The fraction of sp³-hybridized carbons (Fsp3) is 0.647. The van der Waals surface area contributed by atoms with Gasteiger partial charge in [-0.15, -0.1) is 0 Å². The first-order valence-corrected chi connectivity index (χ1v) is 8.21. The Bertz CT molecular complexity index is 510. The predicted molar refractivity (Wildman–Crippen MR) is 83.0 cm³/mol. The number of halogens is 1. The number of rotatable bonds is 4. The van der Waals surface area contributed by atoms with Crippen molar-refractivity contribution in [1.82, 2.24) is 14.8 Å². The highest BCUT2D eigenvalue weighted by molar-refractivity contribution is 5.79. The Morgan fingerprint density at radius 3 is 2.95 bits per heavy atom. The van der Waals surface area contributed by atoms with Gasteiger partial charge in [0.1, 0.15) is 6.67 Å². The van der Waals surface area contributed by atoms with Crippen LogP contribution in [0, 0.1) is 0 Å². The van der Waals surface area contributed by atoms with Crippen LogP contribution in [0.3, 0.4) is 0 Å². The molecule has 22 heavy (non-hydrogen) atoms. The number of alkyl halides is 1. The first-order valence-electron chi connectivity index (χ1n) is 8.21. The van der Waals surface area contributed by atoms with Crippen molar-refractivity contribution in [2.45, 2.75) is 44.2 Å². The molecule has 0 aromatic carbocycles. The van der Waals surface area contributed by atoms with Crippen LogP contribution < -0.4 is 0 Å². The molecular weight excluding hydrogens is 281 g/mol. The van der Waals surface area contributed by atoms with E-state index in [9.17, 15) is 9.18 Å². The summed E-state index contributed by atoms with van der Waals surface area (Å²) in [7, 11) is 0. The highest BCUT2D eigenvalue weighted by atomic mass is 19.1. The third-order valence-corrected chi connectivity index (χ3v) is 5.12. The molecule has 2 saturated heterocycles. The fourth-order valence-corrected chi connectivity index (χ4v) is 3.98. The monoisotopic (exact) mass is 305 g/mol. The van der Waals surface area contributed by atoms with E-state index in [0.717, 1.165) is 45.3 Å². The minimum Gasteiger partial charge on any atom is -0.334 e. The molecule has 0 bridgehead atoms. The molecule has 2 aliphatic rings. The van der Waals surface area contributed by atoms with Gasteiger partial charge in [0.05, 0.1) is 0 Å². The van der Waals surface area contributed by atoms with Crippen molar-refractivity contribution in [3.05, 3.63) is 30.1 Å². The summed E-state index contributed by atoms with van der Waals surface area (Å²) in [6, 6.07) is 4.06. The van der Waals surface area contributed by atoms with Crippen LogP contribution in [0.4, 0.5) is 4.39 Å². The van der Waals surface area contributed by atoms with Crippen LogP contribution in [0.15, 0.2) is 24.5 Å².